The number of nitrogens with one attached hydrogen (secondary N) is 1. The Labute approximate surface area is 147 Å². The van der Waals surface area contributed by atoms with Crippen molar-refractivity contribution in [2.24, 2.45) is 0 Å². The number of carbonyl (C=O) groups excluding carboxylic acids is 1. The highest BCUT2D eigenvalue weighted by Crippen LogP contribution is 2.35. The minimum atomic E-state index is 0.0479. The number of allylic oxidation sites excluding steroid dienone is 1. The molecule has 0 bridgehead atoms. The Morgan fingerprint density at radius 2 is 1.24 bits per heavy atom. The van der Waals surface area contributed by atoms with Gasteiger partial charge in [-0.1, -0.05) is 71.8 Å². The first kappa shape index (κ1) is 15.4. The summed E-state index contributed by atoms with van der Waals surface area (Å²) in [5.41, 5.74) is 7.68. The van der Waals surface area contributed by atoms with Gasteiger partial charge in [0.05, 0.1) is 5.70 Å². The van der Waals surface area contributed by atoms with E-state index in [2.05, 4.69) is 67.7 Å². The molecule has 1 heterocycles. The molecule has 0 aromatic heterocycles. The van der Waals surface area contributed by atoms with Gasteiger partial charge in [0.15, 0.2) is 0 Å². The van der Waals surface area contributed by atoms with Crippen LogP contribution in [-0.4, -0.2) is 5.78 Å². The maximum atomic E-state index is 13.0. The second-order valence-electron chi connectivity index (χ2n) is 6.48. The van der Waals surface area contributed by atoms with Crippen molar-refractivity contribution in [2.45, 2.75) is 13.8 Å². The molecule has 2 heteroatoms. The van der Waals surface area contributed by atoms with Gasteiger partial charge in [-0.25, -0.2) is 0 Å². The molecule has 0 aliphatic carbocycles. The van der Waals surface area contributed by atoms with Gasteiger partial charge in [-0.3, -0.25) is 4.79 Å². The van der Waals surface area contributed by atoms with Gasteiger partial charge in [0, 0.05) is 16.8 Å². The first-order chi connectivity index (χ1) is 12.1. The highest BCUT2D eigenvalue weighted by atomic mass is 16.1. The summed E-state index contributed by atoms with van der Waals surface area (Å²) in [5, 5.41) is 3.34. The van der Waals surface area contributed by atoms with Crippen molar-refractivity contribution in [3.8, 4) is 0 Å². The van der Waals surface area contributed by atoms with Crippen LogP contribution < -0.4 is 5.32 Å². The van der Waals surface area contributed by atoms with Gasteiger partial charge in [0.2, 0.25) is 5.78 Å². The number of hydrogen-bond acceptors (Lipinski definition) is 2. The lowest BCUT2D eigenvalue weighted by atomic mass is 9.93. The van der Waals surface area contributed by atoms with E-state index in [-0.39, 0.29) is 5.78 Å². The number of Topliss-reactive ketones (excluding diaryl/α,β-unsaturated/α-hetero) is 1. The smallest absolute Gasteiger partial charge is 0.211 e. The third-order valence-corrected chi connectivity index (χ3v) is 4.59. The van der Waals surface area contributed by atoms with Crippen LogP contribution in [0.15, 0.2) is 78.5 Å². The Balaban J connectivity index is 1.94. The number of fused-ring (bicyclic) bond motifs is 1. The third-order valence-electron chi connectivity index (χ3n) is 4.59. The largest absolute Gasteiger partial charge is 0.351 e. The number of rotatable bonds is 2. The standard InChI is InChI=1S/C23H19NO/c1-15-7-11-17(12-8-15)21(18-13-9-16(2)10-14-18)22-23(25)19-5-3-4-6-20(19)24-22/h3-14,24H,1-2H3. The molecule has 1 N–H and O–H groups in total. The predicted molar refractivity (Wildman–Crippen MR) is 103 cm³/mol. The second-order valence-corrected chi connectivity index (χ2v) is 6.48. The average molecular weight is 325 g/mol. The molecular formula is C23H19NO. The summed E-state index contributed by atoms with van der Waals surface area (Å²) in [6.45, 7) is 4.13. The van der Waals surface area contributed by atoms with E-state index >= 15 is 0 Å². The Hall–Kier alpha value is -3.13. The van der Waals surface area contributed by atoms with E-state index < -0.39 is 0 Å². The van der Waals surface area contributed by atoms with Gasteiger partial charge in [-0.2, -0.15) is 0 Å². The van der Waals surface area contributed by atoms with Crippen LogP contribution in [0.4, 0.5) is 5.69 Å². The van der Waals surface area contributed by atoms with Crippen LogP contribution in [-0.2, 0) is 0 Å². The normalized spacial score (nSPS) is 12.7. The van der Waals surface area contributed by atoms with Crippen molar-refractivity contribution < 1.29 is 4.79 Å². The Morgan fingerprint density at radius 3 is 1.76 bits per heavy atom. The van der Waals surface area contributed by atoms with E-state index in [4.69, 9.17) is 0 Å². The fourth-order valence-corrected chi connectivity index (χ4v) is 3.19. The molecule has 25 heavy (non-hydrogen) atoms. The summed E-state index contributed by atoms with van der Waals surface area (Å²) in [7, 11) is 0. The van der Waals surface area contributed by atoms with E-state index in [0.717, 1.165) is 28.0 Å². The molecule has 2 nitrogen and oxygen atoms in total. The molecule has 0 atom stereocenters. The van der Waals surface area contributed by atoms with Crippen molar-refractivity contribution in [3.63, 3.8) is 0 Å². The Kier molecular flexibility index (Phi) is 3.73. The molecule has 1 aliphatic heterocycles. The van der Waals surface area contributed by atoms with Crippen molar-refractivity contribution in [2.75, 3.05) is 5.32 Å². The third kappa shape index (κ3) is 2.76. The van der Waals surface area contributed by atoms with E-state index in [9.17, 15) is 4.79 Å². The average Bonchev–Trinajstić information content (AvgIpc) is 2.96. The minimum absolute atomic E-state index is 0.0479. The second kappa shape index (κ2) is 6.06. The highest BCUT2D eigenvalue weighted by molar-refractivity contribution is 6.23. The summed E-state index contributed by atoms with van der Waals surface area (Å²) in [4.78, 5) is 13.0. The number of hydrogen-bond donors (Lipinski definition) is 1. The molecule has 1 aliphatic rings. The predicted octanol–water partition coefficient (Wildman–Crippen LogP) is 5.37. The van der Waals surface area contributed by atoms with Crippen LogP contribution >= 0.6 is 0 Å². The lowest BCUT2D eigenvalue weighted by Crippen LogP contribution is -2.06. The summed E-state index contributed by atoms with van der Waals surface area (Å²) in [6.07, 6.45) is 0. The van der Waals surface area contributed by atoms with Gasteiger partial charge in [0.25, 0.3) is 0 Å². The minimum Gasteiger partial charge on any atom is -0.351 e. The molecule has 0 unspecified atom stereocenters. The first-order valence-corrected chi connectivity index (χ1v) is 8.42. The Morgan fingerprint density at radius 1 is 0.720 bits per heavy atom. The van der Waals surface area contributed by atoms with Crippen molar-refractivity contribution >= 4 is 17.0 Å². The maximum Gasteiger partial charge on any atom is 0.211 e. The molecule has 3 aromatic carbocycles. The van der Waals surface area contributed by atoms with E-state index in [0.29, 0.717) is 5.70 Å². The van der Waals surface area contributed by atoms with Crippen molar-refractivity contribution in [1.82, 2.24) is 0 Å². The topological polar surface area (TPSA) is 29.1 Å². The Bertz CT molecular complexity index is 932. The van der Waals surface area contributed by atoms with Crippen LogP contribution in [0.2, 0.25) is 0 Å². The molecule has 0 saturated heterocycles. The molecular weight excluding hydrogens is 306 g/mol. The fourth-order valence-electron chi connectivity index (χ4n) is 3.19. The van der Waals surface area contributed by atoms with Gasteiger partial charge in [-0.05, 0) is 37.1 Å². The van der Waals surface area contributed by atoms with Crippen molar-refractivity contribution in [1.29, 1.82) is 0 Å². The number of para-hydroxylation sites is 1. The molecule has 0 radical (unpaired) electrons. The van der Waals surface area contributed by atoms with Crippen LogP contribution in [0.25, 0.3) is 5.57 Å². The van der Waals surface area contributed by atoms with E-state index in [1.165, 1.54) is 11.1 Å². The zero-order valence-corrected chi connectivity index (χ0v) is 14.3. The zero-order valence-electron chi connectivity index (χ0n) is 14.3. The summed E-state index contributed by atoms with van der Waals surface area (Å²) in [5.74, 6) is 0.0479. The molecule has 0 spiro atoms. The monoisotopic (exact) mass is 325 g/mol. The lowest BCUT2D eigenvalue weighted by Gasteiger charge is -2.13. The van der Waals surface area contributed by atoms with Gasteiger partial charge < -0.3 is 5.32 Å². The molecule has 0 amide bonds. The van der Waals surface area contributed by atoms with Crippen LogP contribution in [0, 0.1) is 13.8 Å². The molecule has 0 fully saturated rings. The van der Waals surface area contributed by atoms with Gasteiger partial charge >= 0.3 is 0 Å². The first-order valence-electron chi connectivity index (χ1n) is 8.42. The highest BCUT2D eigenvalue weighted by Gasteiger charge is 2.28. The van der Waals surface area contributed by atoms with Crippen molar-refractivity contribution in [3.05, 3.63) is 106 Å². The SMILES string of the molecule is Cc1ccc(C(=C2Nc3ccccc3C2=O)c2ccc(C)cc2)cc1. The molecule has 4 rings (SSSR count). The number of benzene rings is 3. The number of aryl methyl sites for hydroxylation is 2. The lowest BCUT2D eigenvalue weighted by molar-refractivity contribution is 0.104. The maximum absolute atomic E-state index is 13.0. The number of ketones is 1. The van der Waals surface area contributed by atoms with Crippen LogP contribution in [0.5, 0.6) is 0 Å². The summed E-state index contributed by atoms with van der Waals surface area (Å²) in [6, 6.07) is 24.3. The molecule has 0 saturated carbocycles. The summed E-state index contributed by atoms with van der Waals surface area (Å²) >= 11 is 0. The van der Waals surface area contributed by atoms with Crippen LogP contribution in [0.1, 0.15) is 32.6 Å². The van der Waals surface area contributed by atoms with Crippen LogP contribution in [0.3, 0.4) is 0 Å². The number of carbonyl (C=O) groups is 1. The zero-order chi connectivity index (χ0) is 17.4. The number of anilines is 1. The van der Waals surface area contributed by atoms with Gasteiger partial charge in [-0.15, -0.1) is 0 Å². The van der Waals surface area contributed by atoms with E-state index in [1.54, 1.807) is 0 Å². The fraction of sp³-hybridized carbons (Fsp3) is 0.0870. The van der Waals surface area contributed by atoms with Gasteiger partial charge in [0.1, 0.15) is 0 Å². The summed E-state index contributed by atoms with van der Waals surface area (Å²) < 4.78 is 0. The molecule has 122 valence electrons. The quantitative estimate of drug-likeness (QED) is 0.642. The molecule has 3 aromatic rings. The van der Waals surface area contributed by atoms with E-state index in [1.807, 2.05) is 24.3 Å².